The highest BCUT2D eigenvalue weighted by Crippen LogP contribution is 2.27. The van der Waals surface area contributed by atoms with Crippen molar-refractivity contribution in [2.24, 2.45) is 5.92 Å². The minimum absolute atomic E-state index is 0.132. The monoisotopic (exact) mass is 359 g/mol. The zero-order chi connectivity index (χ0) is 17.8. The van der Waals surface area contributed by atoms with E-state index in [1.54, 1.807) is 18.0 Å². The maximum absolute atomic E-state index is 12.3. The summed E-state index contributed by atoms with van der Waals surface area (Å²) in [5.41, 5.74) is 1.31. The number of piperidine rings is 1. The topological polar surface area (TPSA) is 72.4 Å². The van der Waals surface area contributed by atoms with E-state index in [1.165, 1.54) is 11.3 Å². The molecule has 0 bridgehead atoms. The van der Waals surface area contributed by atoms with Crippen LogP contribution in [0.5, 0.6) is 0 Å². The van der Waals surface area contributed by atoms with Crippen molar-refractivity contribution in [2.75, 3.05) is 19.7 Å². The molecule has 0 spiro atoms. The predicted octanol–water partition coefficient (Wildman–Crippen LogP) is 2.93. The lowest BCUT2D eigenvalue weighted by atomic mass is 10.0. The first kappa shape index (κ1) is 17.5. The van der Waals surface area contributed by atoms with Crippen molar-refractivity contribution >= 4 is 23.2 Å². The smallest absolute Gasteiger partial charge is 0.350 e. The quantitative estimate of drug-likeness (QED) is 0.785. The third-order valence-corrected chi connectivity index (χ3v) is 5.36. The number of carbonyl (C=O) groups excluding carboxylic acids is 2. The Morgan fingerprint density at radius 2 is 2.24 bits per heavy atom. The van der Waals surface area contributed by atoms with Crippen molar-refractivity contribution < 1.29 is 14.3 Å². The first-order valence-corrected chi connectivity index (χ1v) is 9.20. The minimum Gasteiger partial charge on any atom is -0.451 e. The number of pyridine rings is 1. The Labute approximate surface area is 150 Å². The molecular weight excluding hydrogens is 338 g/mol. The van der Waals surface area contributed by atoms with E-state index in [2.05, 4.69) is 16.9 Å². The van der Waals surface area contributed by atoms with Gasteiger partial charge in [0.05, 0.1) is 11.4 Å². The maximum Gasteiger partial charge on any atom is 0.350 e. The highest BCUT2D eigenvalue weighted by molar-refractivity contribution is 7.17. The van der Waals surface area contributed by atoms with E-state index in [0.717, 1.165) is 25.9 Å². The van der Waals surface area contributed by atoms with Crippen LogP contribution in [0.25, 0.3) is 10.7 Å². The van der Waals surface area contributed by atoms with E-state index in [9.17, 15) is 9.59 Å². The Balaban J connectivity index is 1.62. The molecule has 0 unspecified atom stereocenters. The van der Waals surface area contributed by atoms with E-state index in [0.29, 0.717) is 27.2 Å². The molecule has 2 aromatic heterocycles. The highest BCUT2D eigenvalue weighted by atomic mass is 32.1. The van der Waals surface area contributed by atoms with Crippen LogP contribution in [0, 0.1) is 12.8 Å². The molecule has 1 saturated heterocycles. The fraction of sp³-hybridized carbons (Fsp3) is 0.444. The van der Waals surface area contributed by atoms with E-state index in [-0.39, 0.29) is 12.5 Å². The lowest BCUT2D eigenvalue weighted by Crippen LogP contribution is -2.41. The summed E-state index contributed by atoms with van der Waals surface area (Å²) in [5, 5.41) is 0.668. The van der Waals surface area contributed by atoms with Gasteiger partial charge in [-0.15, -0.1) is 11.3 Å². The van der Waals surface area contributed by atoms with Crippen molar-refractivity contribution in [3.05, 3.63) is 35.0 Å². The first-order valence-electron chi connectivity index (χ1n) is 8.38. The molecule has 1 aliphatic rings. The zero-order valence-electron chi connectivity index (χ0n) is 14.4. The van der Waals surface area contributed by atoms with E-state index in [1.807, 2.05) is 18.2 Å². The number of ether oxygens (including phenoxy) is 1. The number of aryl methyl sites for hydroxylation is 1. The molecule has 1 atom stereocenters. The Kier molecular flexibility index (Phi) is 5.43. The molecule has 0 N–H and O–H groups in total. The van der Waals surface area contributed by atoms with Crippen LogP contribution in [-0.2, 0) is 9.53 Å². The number of hydrogen-bond donors (Lipinski definition) is 0. The number of nitrogens with zero attached hydrogens (tertiary/aromatic N) is 3. The molecule has 25 heavy (non-hydrogen) atoms. The third kappa shape index (κ3) is 4.22. The van der Waals surface area contributed by atoms with Gasteiger partial charge < -0.3 is 9.64 Å². The molecule has 3 heterocycles. The van der Waals surface area contributed by atoms with Crippen LogP contribution >= 0.6 is 11.3 Å². The summed E-state index contributed by atoms with van der Waals surface area (Å²) >= 11 is 1.24. The van der Waals surface area contributed by atoms with Gasteiger partial charge in [0, 0.05) is 19.3 Å². The lowest BCUT2D eigenvalue weighted by molar-refractivity contribution is -0.136. The van der Waals surface area contributed by atoms with Crippen molar-refractivity contribution in [1.29, 1.82) is 0 Å². The van der Waals surface area contributed by atoms with Gasteiger partial charge in [0.15, 0.2) is 6.61 Å². The number of hydrogen-bond acceptors (Lipinski definition) is 6. The fourth-order valence-corrected chi connectivity index (χ4v) is 3.82. The summed E-state index contributed by atoms with van der Waals surface area (Å²) < 4.78 is 5.23. The molecule has 7 heteroatoms. The second-order valence-corrected chi connectivity index (χ2v) is 7.31. The average molecular weight is 359 g/mol. The summed E-state index contributed by atoms with van der Waals surface area (Å²) in [5.74, 6) is -0.138. The standard InChI is InChI=1S/C18H21N3O3S/c1-12-6-5-9-21(10-12)15(22)11-24-18(23)16-13(2)20-17(25-16)14-7-3-4-8-19-14/h3-4,7-8,12H,5-6,9-11H2,1-2H3/t12-/m1/s1. The van der Waals surface area contributed by atoms with Crippen molar-refractivity contribution in [3.8, 4) is 10.7 Å². The third-order valence-electron chi connectivity index (χ3n) is 4.20. The van der Waals surface area contributed by atoms with Gasteiger partial charge in [-0.25, -0.2) is 9.78 Å². The summed E-state index contributed by atoms with van der Waals surface area (Å²) in [7, 11) is 0. The van der Waals surface area contributed by atoms with Gasteiger partial charge in [-0.1, -0.05) is 13.0 Å². The summed E-state index contributed by atoms with van der Waals surface area (Å²) in [6.45, 7) is 5.14. The van der Waals surface area contributed by atoms with E-state index < -0.39 is 5.97 Å². The Morgan fingerprint density at radius 1 is 1.40 bits per heavy atom. The average Bonchev–Trinajstić information content (AvgIpc) is 3.02. The zero-order valence-corrected chi connectivity index (χ0v) is 15.2. The molecular formula is C18H21N3O3S. The molecule has 0 radical (unpaired) electrons. The largest absolute Gasteiger partial charge is 0.451 e. The highest BCUT2D eigenvalue weighted by Gasteiger charge is 2.23. The molecule has 0 aromatic carbocycles. The first-order chi connectivity index (χ1) is 12.0. The summed E-state index contributed by atoms with van der Waals surface area (Å²) in [4.78, 5) is 35.4. The SMILES string of the molecule is Cc1nc(-c2ccccn2)sc1C(=O)OCC(=O)N1CCC[C@@H](C)C1. The van der Waals surface area contributed by atoms with Crippen LogP contribution < -0.4 is 0 Å². The molecule has 6 nitrogen and oxygen atoms in total. The van der Waals surface area contributed by atoms with Crippen LogP contribution in [0.2, 0.25) is 0 Å². The molecule has 2 aromatic rings. The van der Waals surface area contributed by atoms with Crippen molar-refractivity contribution in [1.82, 2.24) is 14.9 Å². The number of amides is 1. The Morgan fingerprint density at radius 3 is 2.96 bits per heavy atom. The maximum atomic E-state index is 12.3. The molecule has 1 fully saturated rings. The van der Waals surface area contributed by atoms with Gasteiger partial charge in [-0.3, -0.25) is 9.78 Å². The normalized spacial score (nSPS) is 17.4. The van der Waals surface area contributed by atoms with Gasteiger partial charge in [0.2, 0.25) is 0 Å². The lowest BCUT2D eigenvalue weighted by Gasteiger charge is -2.30. The molecule has 1 aliphatic heterocycles. The molecule has 132 valence electrons. The van der Waals surface area contributed by atoms with Crippen LogP contribution in [-0.4, -0.2) is 46.4 Å². The van der Waals surface area contributed by atoms with Crippen LogP contribution in [0.3, 0.4) is 0 Å². The number of likely N-dealkylation sites (tertiary alicyclic amines) is 1. The van der Waals surface area contributed by atoms with E-state index >= 15 is 0 Å². The van der Waals surface area contributed by atoms with Crippen LogP contribution in [0.4, 0.5) is 0 Å². The number of aromatic nitrogens is 2. The molecule has 3 rings (SSSR count). The number of carbonyl (C=O) groups is 2. The summed E-state index contributed by atoms with van der Waals surface area (Å²) in [6.07, 6.45) is 3.82. The van der Waals surface area contributed by atoms with Gasteiger partial charge in [-0.2, -0.15) is 0 Å². The van der Waals surface area contributed by atoms with Crippen LogP contribution in [0.1, 0.15) is 35.1 Å². The van der Waals surface area contributed by atoms with Crippen LogP contribution in [0.15, 0.2) is 24.4 Å². The van der Waals surface area contributed by atoms with E-state index in [4.69, 9.17) is 4.74 Å². The van der Waals surface area contributed by atoms with Gasteiger partial charge in [-0.05, 0) is 37.8 Å². The molecule has 0 saturated carbocycles. The molecule has 1 amide bonds. The second-order valence-electron chi connectivity index (χ2n) is 6.31. The molecule has 0 aliphatic carbocycles. The summed E-state index contributed by atoms with van der Waals surface area (Å²) in [6, 6.07) is 5.54. The fourth-order valence-electron chi connectivity index (χ4n) is 2.88. The van der Waals surface area contributed by atoms with Gasteiger partial charge >= 0.3 is 5.97 Å². The Hall–Kier alpha value is -2.28. The van der Waals surface area contributed by atoms with Gasteiger partial charge in [0.25, 0.3) is 5.91 Å². The Bertz CT molecular complexity index is 760. The van der Waals surface area contributed by atoms with Crippen molar-refractivity contribution in [2.45, 2.75) is 26.7 Å². The number of thiazole rings is 1. The number of rotatable bonds is 4. The van der Waals surface area contributed by atoms with Gasteiger partial charge in [0.1, 0.15) is 9.88 Å². The second kappa shape index (κ2) is 7.74. The minimum atomic E-state index is -0.504. The van der Waals surface area contributed by atoms with Crippen molar-refractivity contribution in [3.63, 3.8) is 0 Å². The number of esters is 1. The predicted molar refractivity (Wildman–Crippen MR) is 95.3 cm³/mol.